The Kier molecular flexibility index (Phi) is 6.43. The Balaban J connectivity index is 2.14. The first-order valence-electron chi connectivity index (χ1n) is 5.54. The molecule has 1 rings (SSSR count). The third-order valence-corrected chi connectivity index (χ3v) is 2.92. The predicted molar refractivity (Wildman–Crippen MR) is 62.8 cm³/mol. The Bertz CT molecular complexity index is 126. The van der Waals surface area contributed by atoms with Crippen molar-refractivity contribution in [3.05, 3.63) is 12.8 Å². The quantitative estimate of drug-likeness (QED) is 0.521. The molecule has 0 saturated heterocycles. The average Bonchev–Trinajstić information content (AvgIpc) is 2.11. The maximum Gasteiger partial charge on any atom is -0.00686 e. The van der Waals surface area contributed by atoms with Gasteiger partial charge in [0.1, 0.15) is 0 Å². The Morgan fingerprint density at radius 1 is 0.846 bits per heavy atom. The number of hydrogen-bond donors (Lipinski definition) is 0. The van der Waals surface area contributed by atoms with E-state index < -0.39 is 0 Å². The lowest BCUT2D eigenvalue weighted by Gasteiger charge is -2.06. The normalized spacial score (nSPS) is 23.2. The third kappa shape index (κ3) is 6.20. The van der Waals surface area contributed by atoms with Crippen molar-refractivity contribution in [3.63, 3.8) is 0 Å². The smallest absolute Gasteiger partial charge is 0.00686 e. The van der Waals surface area contributed by atoms with E-state index in [9.17, 15) is 0 Å². The van der Waals surface area contributed by atoms with Crippen LogP contribution in [0.5, 0.6) is 0 Å². The minimum absolute atomic E-state index is 1.08. The van der Waals surface area contributed by atoms with E-state index in [4.69, 9.17) is 12.2 Å². The van der Waals surface area contributed by atoms with Gasteiger partial charge in [0.15, 0.2) is 0 Å². The number of rotatable bonds is 0. The fraction of sp³-hybridized carbons (Fsp3) is 0.750. The molecule has 13 heavy (non-hydrogen) atoms. The van der Waals surface area contributed by atoms with Gasteiger partial charge >= 0.3 is 0 Å². The van der Waals surface area contributed by atoms with Crippen LogP contribution in [0.4, 0.5) is 0 Å². The van der Waals surface area contributed by atoms with E-state index in [-0.39, 0.29) is 0 Å². The summed E-state index contributed by atoms with van der Waals surface area (Å²) >= 11 is 5.29. The van der Waals surface area contributed by atoms with Crippen molar-refractivity contribution in [3.8, 4) is 0 Å². The summed E-state index contributed by atoms with van der Waals surface area (Å²) in [5, 5.41) is 0. The van der Waals surface area contributed by atoms with Crippen LogP contribution in [0.25, 0.3) is 0 Å². The van der Waals surface area contributed by atoms with Gasteiger partial charge in [0.05, 0.1) is 0 Å². The molecule has 0 nitrogen and oxygen atoms in total. The van der Waals surface area contributed by atoms with Crippen molar-refractivity contribution in [1.82, 2.24) is 0 Å². The van der Waals surface area contributed by atoms with Gasteiger partial charge in [-0.15, -0.1) is 0 Å². The lowest BCUT2D eigenvalue weighted by molar-refractivity contribution is 0.644. The molecular formula is C12H20S. The maximum atomic E-state index is 5.29. The molecule has 1 aliphatic rings. The molecule has 1 aliphatic carbocycles. The van der Waals surface area contributed by atoms with E-state index in [0.29, 0.717) is 0 Å². The molecule has 0 aromatic heterocycles. The Labute approximate surface area is 88.1 Å². The molecule has 0 aromatic carbocycles. The van der Waals surface area contributed by atoms with Crippen molar-refractivity contribution in [2.45, 2.75) is 57.8 Å². The summed E-state index contributed by atoms with van der Waals surface area (Å²) in [6.07, 6.45) is 16.3. The van der Waals surface area contributed by atoms with Gasteiger partial charge in [0, 0.05) is 0 Å². The molecule has 0 aromatic rings. The van der Waals surface area contributed by atoms with Crippen molar-refractivity contribution >= 4 is 17.1 Å². The second-order valence-corrected chi connectivity index (χ2v) is 4.43. The molecule has 74 valence electrons. The monoisotopic (exact) mass is 196 g/mol. The van der Waals surface area contributed by atoms with Crippen LogP contribution in [-0.4, -0.2) is 4.86 Å². The Hall–Kier alpha value is 0.0900. The van der Waals surface area contributed by atoms with Gasteiger partial charge in [-0.2, -0.15) is 0 Å². The molecule has 0 bridgehead atoms. The molecule has 0 spiro atoms. The molecule has 2 radical (unpaired) electrons. The summed E-state index contributed by atoms with van der Waals surface area (Å²) in [7, 11) is 0. The van der Waals surface area contributed by atoms with Gasteiger partial charge in [-0.1, -0.05) is 37.9 Å². The van der Waals surface area contributed by atoms with Gasteiger partial charge in [-0.3, -0.25) is 0 Å². The first-order valence-corrected chi connectivity index (χ1v) is 5.95. The Morgan fingerprint density at radius 2 is 1.54 bits per heavy atom. The van der Waals surface area contributed by atoms with Gasteiger partial charge in [-0.05, 0) is 49.8 Å². The second kappa shape index (κ2) is 7.49. The van der Waals surface area contributed by atoms with Crippen LogP contribution in [0.2, 0.25) is 0 Å². The highest BCUT2D eigenvalue weighted by atomic mass is 32.1. The summed E-state index contributed by atoms with van der Waals surface area (Å²) in [5.41, 5.74) is 0. The zero-order valence-electron chi connectivity index (χ0n) is 8.43. The van der Waals surface area contributed by atoms with E-state index in [1.54, 1.807) is 0 Å². The van der Waals surface area contributed by atoms with E-state index >= 15 is 0 Å². The van der Waals surface area contributed by atoms with E-state index in [2.05, 4.69) is 12.8 Å². The van der Waals surface area contributed by atoms with Crippen LogP contribution in [0, 0.1) is 12.8 Å². The van der Waals surface area contributed by atoms with Crippen molar-refractivity contribution in [2.75, 3.05) is 0 Å². The molecule has 1 heteroatoms. The van der Waals surface area contributed by atoms with Crippen LogP contribution in [-0.2, 0) is 0 Å². The minimum Gasteiger partial charge on any atom is -0.0897 e. The molecule has 1 fully saturated rings. The van der Waals surface area contributed by atoms with Crippen molar-refractivity contribution in [1.29, 1.82) is 0 Å². The molecular weight excluding hydrogens is 176 g/mol. The zero-order chi connectivity index (χ0) is 9.36. The summed E-state index contributed by atoms with van der Waals surface area (Å²) in [5.74, 6) is 0. The second-order valence-electron chi connectivity index (χ2n) is 3.85. The molecule has 0 atom stereocenters. The predicted octanol–water partition coefficient (Wildman–Crippen LogP) is 4.29. The Morgan fingerprint density at radius 3 is 2.38 bits per heavy atom. The van der Waals surface area contributed by atoms with Crippen LogP contribution in [0.1, 0.15) is 57.8 Å². The summed E-state index contributed by atoms with van der Waals surface area (Å²) in [6, 6.07) is 0. The highest BCUT2D eigenvalue weighted by Gasteiger charge is 2.00. The molecule has 1 saturated carbocycles. The lowest BCUT2D eigenvalue weighted by Crippen LogP contribution is -1.96. The topological polar surface area (TPSA) is 0 Å². The first-order chi connectivity index (χ1) is 6.39. The van der Waals surface area contributed by atoms with Gasteiger partial charge < -0.3 is 0 Å². The van der Waals surface area contributed by atoms with Gasteiger partial charge in [0.2, 0.25) is 0 Å². The summed E-state index contributed by atoms with van der Waals surface area (Å²) < 4.78 is 0. The average molecular weight is 196 g/mol. The fourth-order valence-electron chi connectivity index (χ4n) is 1.71. The van der Waals surface area contributed by atoms with Crippen LogP contribution in [0.3, 0.4) is 0 Å². The molecule has 0 heterocycles. The van der Waals surface area contributed by atoms with E-state index in [0.717, 1.165) is 12.8 Å². The van der Waals surface area contributed by atoms with Crippen LogP contribution in [0.15, 0.2) is 0 Å². The standard InChI is InChI=1S/C12H20S/c13-12-10-8-6-4-2-1-3-5-7-9-11-12/h4,9H,1-3,5-8,10-11H2. The molecule has 0 N–H and O–H groups in total. The SMILES string of the molecule is S=C1C[CH]CCCCC[CH]CCC1. The lowest BCUT2D eigenvalue weighted by atomic mass is 10.0. The molecule has 0 aliphatic heterocycles. The third-order valence-electron chi connectivity index (χ3n) is 2.55. The minimum atomic E-state index is 1.08. The van der Waals surface area contributed by atoms with Crippen molar-refractivity contribution < 1.29 is 0 Å². The zero-order valence-corrected chi connectivity index (χ0v) is 9.24. The van der Waals surface area contributed by atoms with Gasteiger partial charge in [-0.25, -0.2) is 0 Å². The first kappa shape index (κ1) is 11.2. The largest absolute Gasteiger partial charge is 0.0897 e. The van der Waals surface area contributed by atoms with E-state index in [1.165, 1.54) is 49.8 Å². The van der Waals surface area contributed by atoms with E-state index in [1.807, 2.05) is 0 Å². The molecule has 0 amide bonds. The highest BCUT2D eigenvalue weighted by Crippen LogP contribution is 2.14. The summed E-state index contributed by atoms with van der Waals surface area (Å²) in [6.45, 7) is 0. The summed E-state index contributed by atoms with van der Waals surface area (Å²) in [4.78, 5) is 1.26. The van der Waals surface area contributed by atoms with Crippen LogP contribution >= 0.6 is 12.2 Å². The number of thiocarbonyl (C=S) groups is 1. The highest BCUT2D eigenvalue weighted by molar-refractivity contribution is 7.80. The maximum absolute atomic E-state index is 5.29. The van der Waals surface area contributed by atoms with Crippen molar-refractivity contribution in [2.24, 2.45) is 0 Å². The van der Waals surface area contributed by atoms with Gasteiger partial charge in [0.25, 0.3) is 0 Å². The van der Waals surface area contributed by atoms with Crippen LogP contribution < -0.4 is 0 Å². The molecule has 0 unspecified atom stereocenters. The number of hydrogen-bond acceptors (Lipinski definition) is 1. The fourth-order valence-corrected chi connectivity index (χ4v) is 1.97.